The Hall–Kier alpha value is -1.90. The molecule has 0 radical (unpaired) electrons. The number of benzene rings is 2. The number of hydrogen-bond acceptors (Lipinski definition) is 6. The molecule has 0 aliphatic carbocycles. The van der Waals surface area contributed by atoms with Crippen LogP contribution in [0.3, 0.4) is 0 Å². The predicted octanol–water partition coefficient (Wildman–Crippen LogP) is 2.37. The van der Waals surface area contributed by atoms with Gasteiger partial charge in [0.1, 0.15) is 0 Å². The summed E-state index contributed by atoms with van der Waals surface area (Å²) in [6.45, 7) is 1.97. The van der Waals surface area contributed by atoms with E-state index in [1.807, 2.05) is 60.7 Å². The molecular formula is C20H23N3O5SSe. The summed E-state index contributed by atoms with van der Waals surface area (Å²) >= 11 is -0.182. The first-order valence-electron chi connectivity index (χ1n) is 9.32. The van der Waals surface area contributed by atoms with Gasteiger partial charge in [-0.05, 0) is 0 Å². The number of nitrogens with zero attached hydrogens (tertiary/aromatic N) is 3. The van der Waals surface area contributed by atoms with Gasteiger partial charge in [0.25, 0.3) is 0 Å². The van der Waals surface area contributed by atoms with Gasteiger partial charge in [0.2, 0.25) is 0 Å². The van der Waals surface area contributed by atoms with E-state index in [0.29, 0.717) is 0 Å². The molecule has 1 aliphatic heterocycles. The van der Waals surface area contributed by atoms with Gasteiger partial charge in [-0.3, -0.25) is 0 Å². The van der Waals surface area contributed by atoms with Gasteiger partial charge in [-0.2, -0.15) is 0 Å². The molecule has 8 nitrogen and oxygen atoms in total. The molecule has 0 aromatic heterocycles. The number of hydrogen-bond donors (Lipinski definition) is 0. The van der Waals surface area contributed by atoms with Crippen LogP contribution in [0.15, 0.2) is 65.8 Å². The Balaban J connectivity index is 1.90. The monoisotopic (exact) mass is 497 g/mol. The predicted molar refractivity (Wildman–Crippen MR) is 114 cm³/mol. The van der Waals surface area contributed by atoms with Gasteiger partial charge in [0, 0.05) is 0 Å². The summed E-state index contributed by atoms with van der Waals surface area (Å²) < 4.78 is 42.3. The normalized spacial score (nSPS) is 26.7. The van der Waals surface area contributed by atoms with Crippen LogP contribution in [0.4, 0.5) is 0 Å². The van der Waals surface area contributed by atoms with Crippen molar-refractivity contribution in [3.05, 3.63) is 76.7 Å². The molecule has 0 amide bonds. The summed E-state index contributed by atoms with van der Waals surface area (Å²) in [7, 11) is -3.78. The zero-order valence-electron chi connectivity index (χ0n) is 16.6. The molecular weight excluding hydrogens is 473 g/mol. The van der Waals surface area contributed by atoms with Gasteiger partial charge in [0.05, 0.1) is 0 Å². The molecule has 2 aromatic carbocycles. The Morgan fingerprint density at radius 1 is 1.10 bits per heavy atom. The van der Waals surface area contributed by atoms with Crippen LogP contribution in [0.5, 0.6) is 0 Å². The van der Waals surface area contributed by atoms with Crippen molar-refractivity contribution in [2.24, 2.45) is 5.11 Å². The number of azide groups is 1. The molecule has 1 saturated heterocycles. The Morgan fingerprint density at radius 2 is 1.73 bits per heavy atom. The molecule has 0 saturated carbocycles. The van der Waals surface area contributed by atoms with E-state index in [9.17, 15) is 13.9 Å². The molecule has 5 atom stereocenters. The molecule has 30 heavy (non-hydrogen) atoms. The zero-order chi connectivity index (χ0) is 21.6. The molecule has 0 bridgehead atoms. The molecule has 1 fully saturated rings. The summed E-state index contributed by atoms with van der Waals surface area (Å²) in [5.74, 6) is 0. The van der Waals surface area contributed by atoms with Crippen LogP contribution in [0.2, 0.25) is 0 Å². The fourth-order valence-electron chi connectivity index (χ4n) is 3.19. The van der Waals surface area contributed by atoms with Gasteiger partial charge in [-0.25, -0.2) is 0 Å². The third-order valence-electron chi connectivity index (χ3n) is 4.50. The van der Waals surface area contributed by atoms with Crippen LogP contribution in [0.1, 0.15) is 12.5 Å². The quantitative estimate of drug-likeness (QED) is 0.183. The van der Waals surface area contributed by atoms with E-state index in [0.717, 1.165) is 16.3 Å². The second-order valence-electron chi connectivity index (χ2n) is 6.86. The molecule has 10 heteroatoms. The van der Waals surface area contributed by atoms with Crippen LogP contribution >= 0.6 is 0 Å². The Bertz CT molecular complexity index is 970. The van der Waals surface area contributed by atoms with Gasteiger partial charge < -0.3 is 0 Å². The molecule has 3 unspecified atom stereocenters. The fraction of sp³-hybridized carbons (Fsp3) is 0.400. The van der Waals surface area contributed by atoms with Gasteiger partial charge in [-0.15, -0.1) is 0 Å². The van der Waals surface area contributed by atoms with Crippen molar-refractivity contribution in [1.29, 1.82) is 0 Å². The number of rotatable bonds is 8. The van der Waals surface area contributed by atoms with Crippen molar-refractivity contribution in [3.63, 3.8) is 0 Å². The third kappa shape index (κ3) is 6.30. The summed E-state index contributed by atoms with van der Waals surface area (Å²) in [6.07, 6.45) is -1.30. The minimum atomic E-state index is -3.78. The summed E-state index contributed by atoms with van der Waals surface area (Å²) in [5, 5.41) is 3.52. The number of ether oxygens (including phenoxy) is 2. The van der Waals surface area contributed by atoms with E-state index in [1.54, 1.807) is 6.92 Å². The third-order valence-corrected chi connectivity index (χ3v) is 7.52. The van der Waals surface area contributed by atoms with E-state index >= 15 is 0 Å². The molecule has 0 spiro atoms. The van der Waals surface area contributed by atoms with Crippen molar-refractivity contribution in [2.75, 3.05) is 6.26 Å². The first kappa shape index (κ1) is 22.8. The van der Waals surface area contributed by atoms with Crippen LogP contribution in [0, 0.1) is 0 Å². The van der Waals surface area contributed by atoms with Crippen molar-refractivity contribution < 1.29 is 22.1 Å². The standard InChI is InChI=1S/C20H23N3O5SSe/c1-14-18(28-29(2,24)25)19(26-13-15-9-5-3-6-10-15)17(22-23-21)20(27-14)30-16-11-7-4-8-12-16/h3-12,14,17-20H,13H2,1-2H3/t14?,17?,18-,19?,20+/m0/s1. The zero-order valence-corrected chi connectivity index (χ0v) is 19.1. The Labute approximate surface area is 182 Å². The van der Waals surface area contributed by atoms with Gasteiger partial charge in [0.15, 0.2) is 0 Å². The maximum atomic E-state index is 11.9. The average molecular weight is 496 g/mol. The Kier molecular flexibility index (Phi) is 7.91. The van der Waals surface area contributed by atoms with E-state index in [4.69, 9.17) is 13.7 Å². The minimum absolute atomic E-state index is 0.182. The van der Waals surface area contributed by atoms with Crippen LogP contribution in [-0.2, 0) is 30.4 Å². The first-order valence-corrected chi connectivity index (χ1v) is 13.0. The summed E-state index contributed by atoms with van der Waals surface area (Å²) in [6, 6.07) is 18.5. The molecule has 160 valence electrons. The van der Waals surface area contributed by atoms with Gasteiger partial charge >= 0.3 is 183 Å². The summed E-state index contributed by atoms with van der Waals surface area (Å²) in [5.41, 5.74) is 10.1. The molecule has 2 aromatic rings. The van der Waals surface area contributed by atoms with E-state index < -0.39 is 39.5 Å². The average Bonchev–Trinajstić information content (AvgIpc) is 2.71. The van der Waals surface area contributed by atoms with Crippen molar-refractivity contribution in [2.45, 2.75) is 42.9 Å². The second kappa shape index (κ2) is 10.4. The molecule has 1 aliphatic rings. The fourth-order valence-corrected chi connectivity index (χ4v) is 6.30. The van der Waals surface area contributed by atoms with E-state index in [2.05, 4.69) is 10.0 Å². The van der Waals surface area contributed by atoms with Crippen molar-refractivity contribution in [3.8, 4) is 0 Å². The SMILES string of the molecule is CC1O[C@H]([Se]c2ccccc2)C(N=[N+]=[N-])C(OCc2ccccc2)[C@H]1OS(C)(=O)=O. The molecule has 3 rings (SSSR count). The Morgan fingerprint density at radius 3 is 2.33 bits per heavy atom. The topological polar surface area (TPSA) is 111 Å². The summed E-state index contributed by atoms with van der Waals surface area (Å²) in [4.78, 5) is 2.98. The van der Waals surface area contributed by atoms with E-state index in [1.165, 1.54) is 0 Å². The van der Waals surface area contributed by atoms with Gasteiger partial charge in [-0.1, -0.05) is 0 Å². The van der Waals surface area contributed by atoms with Crippen LogP contribution in [-0.4, -0.2) is 59.0 Å². The maximum absolute atomic E-state index is 11.9. The van der Waals surface area contributed by atoms with Crippen LogP contribution in [0.25, 0.3) is 10.4 Å². The molecule has 0 N–H and O–H groups in total. The van der Waals surface area contributed by atoms with Crippen LogP contribution < -0.4 is 4.46 Å². The first-order chi connectivity index (χ1) is 14.4. The van der Waals surface area contributed by atoms with Crippen molar-refractivity contribution >= 4 is 29.5 Å². The second-order valence-corrected chi connectivity index (χ2v) is 10.9. The van der Waals surface area contributed by atoms with E-state index in [-0.39, 0.29) is 21.6 Å². The van der Waals surface area contributed by atoms with Crippen molar-refractivity contribution in [1.82, 2.24) is 0 Å². The molecule has 1 heterocycles.